The third kappa shape index (κ3) is 3.85. The molecule has 3 amide bonds. The van der Waals surface area contributed by atoms with Crippen molar-refractivity contribution in [1.82, 2.24) is 10.3 Å². The first-order chi connectivity index (χ1) is 18.5. The molecule has 3 heterocycles. The van der Waals surface area contributed by atoms with Crippen LogP contribution in [0.15, 0.2) is 48.6 Å². The number of nitrogens with one attached hydrogen (secondary N) is 1. The van der Waals surface area contributed by atoms with E-state index < -0.39 is 0 Å². The molecule has 1 saturated carbocycles. The number of aromatic nitrogens is 1. The fourth-order valence-electron chi connectivity index (χ4n) is 6.85. The van der Waals surface area contributed by atoms with Crippen LogP contribution in [0.25, 0.3) is 10.2 Å². The molecule has 3 aromatic rings. The number of carbonyl (C=O) groups is 3. The minimum atomic E-state index is -0.308. The number of amides is 3. The Morgan fingerprint density at radius 2 is 2.03 bits per heavy atom. The molecular weight excluding hydrogens is 496 g/mol. The molecular formula is C30H30N4O3S. The zero-order chi connectivity index (χ0) is 26.0. The predicted molar refractivity (Wildman–Crippen MR) is 149 cm³/mol. The molecule has 2 fully saturated rings. The van der Waals surface area contributed by atoms with Gasteiger partial charge in [0, 0.05) is 19.6 Å². The summed E-state index contributed by atoms with van der Waals surface area (Å²) in [6.07, 6.45) is 8.76. The van der Waals surface area contributed by atoms with Crippen LogP contribution < -0.4 is 15.1 Å². The summed E-state index contributed by atoms with van der Waals surface area (Å²) >= 11 is 1.55. The standard InChI is InChI=1S/C30H30N4O3S/c1-17-32-24-10-9-22(14-26(24)38-17)34-29(36)23-5-2-6-25(27(23)30(34)37)33-11-3-4-20(16-33)28(35)31-15-21-13-18-7-8-19(21)12-18/h2,5-10,14,18-21H,3-4,11-13,15-16H2,1H3,(H,31,35)/t18-,19+,20?,21-/m0/s1. The molecule has 0 spiro atoms. The van der Waals surface area contributed by atoms with Crippen LogP contribution in [0.5, 0.6) is 0 Å². The molecule has 0 radical (unpaired) electrons. The van der Waals surface area contributed by atoms with Gasteiger partial charge in [0.15, 0.2) is 0 Å². The van der Waals surface area contributed by atoms with Gasteiger partial charge < -0.3 is 10.2 Å². The van der Waals surface area contributed by atoms with E-state index >= 15 is 0 Å². The maximum absolute atomic E-state index is 13.7. The van der Waals surface area contributed by atoms with E-state index in [1.54, 1.807) is 23.5 Å². The van der Waals surface area contributed by atoms with Gasteiger partial charge in [-0.15, -0.1) is 11.3 Å². The van der Waals surface area contributed by atoms with Crippen LogP contribution in [-0.2, 0) is 4.79 Å². The van der Waals surface area contributed by atoms with Crippen LogP contribution in [0.4, 0.5) is 11.4 Å². The summed E-state index contributed by atoms with van der Waals surface area (Å²) in [7, 11) is 0. The van der Waals surface area contributed by atoms with Gasteiger partial charge in [-0.05, 0) is 80.7 Å². The fraction of sp³-hybridized carbons (Fsp3) is 0.400. The number of imide groups is 1. The highest BCUT2D eigenvalue weighted by atomic mass is 32.1. The van der Waals surface area contributed by atoms with Crippen molar-refractivity contribution in [2.45, 2.75) is 32.6 Å². The molecule has 7 nitrogen and oxygen atoms in total. The number of hydrogen-bond acceptors (Lipinski definition) is 6. The van der Waals surface area contributed by atoms with Gasteiger partial charge >= 0.3 is 0 Å². The molecule has 2 bridgehead atoms. The average molecular weight is 527 g/mol. The van der Waals surface area contributed by atoms with E-state index in [4.69, 9.17) is 0 Å². The fourth-order valence-corrected chi connectivity index (χ4v) is 7.71. The Kier molecular flexibility index (Phi) is 5.62. The molecule has 1 saturated heterocycles. The Morgan fingerprint density at radius 1 is 1.13 bits per heavy atom. The molecule has 8 heteroatoms. The smallest absolute Gasteiger partial charge is 0.268 e. The zero-order valence-corrected chi connectivity index (χ0v) is 22.2. The average Bonchev–Trinajstić information content (AvgIpc) is 3.70. The van der Waals surface area contributed by atoms with E-state index in [-0.39, 0.29) is 23.6 Å². The van der Waals surface area contributed by atoms with Crippen LogP contribution in [0.3, 0.4) is 0 Å². The molecule has 1 aromatic heterocycles. The van der Waals surface area contributed by atoms with Gasteiger partial charge in [-0.1, -0.05) is 18.2 Å². The van der Waals surface area contributed by atoms with Gasteiger partial charge in [0.2, 0.25) is 5.91 Å². The second-order valence-electron chi connectivity index (χ2n) is 11.1. The van der Waals surface area contributed by atoms with Crippen molar-refractivity contribution in [1.29, 1.82) is 0 Å². The van der Waals surface area contributed by atoms with Crippen LogP contribution in [0.2, 0.25) is 0 Å². The zero-order valence-electron chi connectivity index (χ0n) is 21.4. The lowest BCUT2D eigenvalue weighted by Gasteiger charge is -2.35. The molecule has 1 N–H and O–H groups in total. The Hall–Kier alpha value is -3.52. The number of anilines is 2. The van der Waals surface area contributed by atoms with Gasteiger partial charge in [-0.3, -0.25) is 14.4 Å². The van der Waals surface area contributed by atoms with Crippen LogP contribution in [0.1, 0.15) is 51.4 Å². The highest BCUT2D eigenvalue weighted by Crippen LogP contribution is 2.43. The lowest BCUT2D eigenvalue weighted by atomic mass is 9.92. The van der Waals surface area contributed by atoms with Crippen LogP contribution in [0, 0.1) is 30.6 Å². The molecule has 38 heavy (non-hydrogen) atoms. The topological polar surface area (TPSA) is 82.6 Å². The van der Waals surface area contributed by atoms with E-state index in [2.05, 4.69) is 27.4 Å². The number of fused-ring (bicyclic) bond motifs is 4. The number of rotatable bonds is 5. The molecule has 4 aliphatic rings. The minimum absolute atomic E-state index is 0.103. The first-order valence-electron chi connectivity index (χ1n) is 13.6. The molecule has 194 valence electrons. The summed E-state index contributed by atoms with van der Waals surface area (Å²) in [5, 5.41) is 4.17. The number of hydrogen-bond donors (Lipinski definition) is 1. The third-order valence-electron chi connectivity index (χ3n) is 8.72. The first-order valence-corrected chi connectivity index (χ1v) is 14.4. The molecule has 2 aromatic carbocycles. The maximum Gasteiger partial charge on any atom is 0.268 e. The molecule has 2 aliphatic heterocycles. The Bertz CT molecular complexity index is 1510. The van der Waals surface area contributed by atoms with Crippen molar-refractivity contribution in [2.24, 2.45) is 23.7 Å². The lowest BCUT2D eigenvalue weighted by molar-refractivity contribution is -0.125. The van der Waals surface area contributed by atoms with E-state index in [0.717, 1.165) is 46.8 Å². The van der Waals surface area contributed by atoms with E-state index in [9.17, 15) is 14.4 Å². The summed E-state index contributed by atoms with van der Waals surface area (Å²) in [4.78, 5) is 48.2. The molecule has 2 aliphatic carbocycles. The van der Waals surface area contributed by atoms with Crippen molar-refractivity contribution in [3.63, 3.8) is 0 Å². The van der Waals surface area contributed by atoms with Crippen LogP contribution >= 0.6 is 11.3 Å². The van der Waals surface area contributed by atoms with Gasteiger partial charge in [0.1, 0.15) is 0 Å². The van der Waals surface area contributed by atoms with Crippen molar-refractivity contribution >= 4 is 50.6 Å². The van der Waals surface area contributed by atoms with Gasteiger partial charge in [0.05, 0.1) is 43.6 Å². The highest BCUT2D eigenvalue weighted by Gasteiger charge is 2.41. The van der Waals surface area contributed by atoms with E-state index in [1.165, 1.54) is 17.7 Å². The monoisotopic (exact) mass is 526 g/mol. The molecule has 7 rings (SSSR count). The van der Waals surface area contributed by atoms with Gasteiger partial charge in [0.25, 0.3) is 11.8 Å². The van der Waals surface area contributed by atoms with Crippen LogP contribution in [-0.4, -0.2) is 42.3 Å². The van der Waals surface area contributed by atoms with E-state index in [0.29, 0.717) is 41.1 Å². The second-order valence-corrected chi connectivity index (χ2v) is 12.3. The number of aryl methyl sites for hydroxylation is 1. The van der Waals surface area contributed by atoms with Crippen molar-refractivity contribution in [2.75, 3.05) is 29.4 Å². The number of thiazole rings is 1. The summed E-state index contributed by atoms with van der Waals surface area (Å²) < 4.78 is 0.947. The van der Waals surface area contributed by atoms with Crippen molar-refractivity contribution in [3.05, 3.63) is 64.7 Å². The van der Waals surface area contributed by atoms with Gasteiger partial charge in [-0.2, -0.15) is 0 Å². The number of piperidine rings is 1. The summed E-state index contributed by atoms with van der Waals surface area (Å²) in [6, 6.07) is 11.0. The molecule has 4 atom stereocenters. The van der Waals surface area contributed by atoms with Crippen molar-refractivity contribution in [3.8, 4) is 0 Å². The van der Waals surface area contributed by atoms with Gasteiger partial charge in [-0.25, -0.2) is 9.88 Å². The van der Waals surface area contributed by atoms with E-state index in [1.807, 2.05) is 31.2 Å². The summed E-state index contributed by atoms with van der Waals surface area (Å²) in [5.74, 6) is 1.21. The van der Waals surface area contributed by atoms with Crippen molar-refractivity contribution < 1.29 is 14.4 Å². The number of benzene rings is 2. The Morgan fingerprint density at radius 3 is 2.84 bits per heavy atom. The molecule has 1 unspecified atom stereocenters. The number of carbonyl (C=O) groups excluding carboxylic acids is 3. The lowest BCUT2D eigenvalue weighted by Crippen LogP contribution is -2.44. The number of nitrogens with zero attached hydrogens (tertiary/aromatic N) is 3. The highest BCUT2D eigenvalue weighted by molar-refractivity contribution is 7.18. The second kappa shape index (κ2) is 9.05. The quantitative estimate of drug-likeness (QED) is 0.376. The number of allylic oxidation sites excluding steroid dienone is 2. The maximum atomic E-state index is 13.7. The summed E-state index contributed by atoms with van der Waals surface area (Å²) in [6.45, 7) is 3.99. The Balaban J connectivity index is 1.10. The summed E-state index contributed by atoms with van der Waals surface area (Å²) in [5.41, 5.74) is 3.03. The third-order valence-corrected chi connectivity index (χ3v) is 9.65. The SMILES string of the molecule is Cc1nc2ccc(N3C(=O)c4cccc(N5CCCC(C(=O)NC[C@@H]6C[C@H]7C=C[C@@H]6C7)C5)c4C3=O)cc2s1. The largest absolute Gasteiger partial charge is 0.370 e. The predicted octanol–water partition coefficient (Wildman–Crippen LogP) is 4.95. The minimum Gasteiger partial charge on any atom is -0.370 e. The normalized spacial score (nSPS) is 26.0. The first kappa shape index (κ1) is 23.6. The Labute approximate surface area is 225 Å².